The van der Waals surface area contributed by atoms with E-state index in [0.29, 0.717) is 11.6 Å². The van der Waals surface area contributed by atoms with Gasteiger partial charge in [-0.2, -0.15) is 0 Å². The van der Waals surface area contributed by atoms with Crippen molar-refractivity contribution in [1.82, 2.24) is 14.1 Å². The van der Waals surface area contributed by atoms with Crippen molar-refractivity contribution in [2.45, 2.75) is 5.03 Å². The predicted molar refractivity (Wildman–Crippen MR) is 74.3 cm³/mol. The summed E-state index contributed by atoms with van der Waals surface area (Å²) < 4.78 is 33.2. The zero-order chi connectivity index (χ0) is 13.9. The molecule has 6 nitrogen and oxygen atoms in total. The van der Waals surface area contributed by atoms with Gasteiger partial charge in [0, 0.05) is 18.1 Å². The molecule has 104 valence electrons. The van der Waals surface area contributed by atoms with Crippen molar-refractivity contribution in [3.8, 4) is 0 Å². The number of halogens is 1. The van der Waals surface area contributed by atoms with Crippen LogP contribution in [0.1, 0.15) is 0 Å². The van der Waals surface area contributed by atoms with Crippen LogP contribution in [-0.4, -0.2) is 37.6 Å². The van der Waals surface area contributed by atoms with E-state index in [2.05, 4.69) is 16.3 Å². The summed E-state index contributed by atoms with van der Waals surface area (Å²) in [6.45, 7) is 4.29. The predicted octanol–water partition coefficient (Wildman–Crippen LogP) is 1.53. The van der Waals surface area contributed by atoms with Crippen LogP contribution in [0.3, 0.4) is 0 Å². The van der Waals surface area contributed by atoms with Crippen LogP contribution in [0.15, 0.2) is 29.3 Å². The number of rotatable bonds is 7. The van der Waals surface area contributed by atoms with Crippen LogP contribution < -0.4 is 4.72 Å². The van der Waals surface area contributed by atoms with Crippen molar-refractivity contribution < 1.29 is 13.2 Å². The van der Waals surface area contributed by atoms with Crippen molar-refractivity contribution in [3.63, 3.8) is 0 Å². The highest BCUT2D eigenvalue weighted by molar-refractivity contribution is 7.89. The Bertz CT molecular complexity index is 677. The number of imidazole rings is 1. The topological polar surface area (TPSA) is 72.7 Å². The highest BCUT2D eigenvalue weighted by Crippen LogP contribution is 2.24. The fraction of sp³-hybridized carbons (Fsp3) is 0.300. The van der Waals surface area contributed by atoms with Crippen LogP contribution in [0, 0.1) is 0 Å². The Kier molecular flexibility index (Phi) is 4.58. The first-order valence-corrected chi connectivity index (χ1v) is 8.09. The summed E-state index contributed by atoms with van der Waals surface area (Å²) in [7, 11) is -3.71. The van der Waals surface area contributed by atoms with Crippen LogP contribution in [0.25, 0.3) is 4.96 Å². The third kappa shape index (κ3) is 3.15. The van der Waals surface area contributed by atoms with Crippen LogP contribution in [0.5, 0.6) is 0 Å². The number of sulfonamides is 1. The molecule has 0 radical (unpaired) electrons. The average Bonchev–Trinajstić information content (AvgIpc) is 2.87. The number of fused-ring (bicyclic) bond motifs is 1. The summed E-state index contributed by atoms with van der Waals surface area (Å²) >= 11 is 7.18. The molecule has 9 heteroatoms. The molecule has 0 atom stereocenters. The quantitative estimate of drug-likeness (QED) is 0.620. The summed E-state index contributed by atoms with van der Waals surface area (Å²) in [5.74, 6) is 0. The Morgan fingerprint density at radius 3 is 3.16 bits per heavy atom. The Morgan fingerprint density at radius 2 is 2.42 bits per heavy atom. The second kappa shape index (κ2) is 6.02. The molecule has 2 heterocycles. The first-order chi connectivity index (χ1) is 9.06. The first kappa shape index (κ1) is 14.5. The lowest BCUT2D eigenvalue weighted by molar-refractivity contribution is 0.168. The van der Waals surface area contributed by atoms with E-state index in [0.717, 1.165) is 0 Å². The van der Waals surface area contributed by atoms with Crippen molar-refractivity contribution in [3.05, 3.63) is 29.4 Å². The lowest BCUT2D eigenvalue weighted by atomic mass is 10.7. The van der Waals surface area contributed by atoms with E-state index in [4.69, 9.17) is 16.3 Å². The Balaban J connectivity index is 2.13. The van der Waals surface area contributed by atoms with Gasteiger partial charge in [0.2, 0.25) is 0 Å². The van der Waals surface area contributed by atoms with Crippen LogP contribution in [0.4, 0.5) is 0 Å². The Hall–Kier alpha value is -0.930. The van der Waals surface area contributed by atoms with E-state index in [1.165, 1.54) is 15.7 Å². The van der Waals surface area contributed by atoms with Gasteiger partial charge in [-0.3, -0.25) is 4.40 Å². The van der Waals surface area contributed by atoms with Gasteiger partial charge in [-0.1, -0.05) is 17.7 Å². The summed E-state index contributed by atoms with van der Waals surface area (Å²) in [6, 6.07) is 0. The highest BCUT2D eigenvalue weighted by atomic mass is 35.5. The third-order valence-corrected chi connectivity index (χ3v) is 4.82. The smallest absolute Gasteiger partial charge is 0.259 e. The number of nitrogens with zero attached hydrogens (tertiary/aromatic N) is 2. The van der Waals surface area contributed by atoms with E-state index in [9.17, 15) is 8.42 Å². The first-order valence-electron chi connectivity index (χ1n) is 5.35. The lowest BCUT2D eigenvalue weighted by Gasteiger charge is -2.06. The molecule has 2 rings (SSSR count). The second-order valence-electron chi connectivity index (χ2n) is 3.52. The average molecular weight is 322 g/mol. The van der Waals surface area contributed by atoms with Gasteiger partial charge in [0.1, 0.15) is 0 Å². The highest BCUT2D eigenvalue weighted by Gasteiger charge is 2.24. The molecule has 0 aromatic carbocycles. The summed E-state index contributed by atoms with van der Waals surface area (Å²) in [5.41, 5.74) is 0. The number of hydrogen-bond acceptors (Lipinski definition) is 5. The maximum Gasteiger partial charge on any atom is 0.259 e. The van der Waals surface area contributed by atoms with Crippen molar-refractivity contribution in [2.75, 3.05) is 19.8 Å². The molecule has 0 amide bonds. The summed E-state index contributed by atoms with van der Waals surface area (Å²) in [5, 5.41) is 1.66. The van der Waals surface area contributed by atoms with Gasteiger partial charge < -0.3 is 4.74 Å². The van der Waals surface area contributed by atoms with Gasteiger partial charge in [-0.05, 0) is 0 Å². The van der Waals surface area contributed by atoms with Crippen LogP contribution >= 0.6 is 22.9 Å². The molecule has 0 bridgehead atoms. The minimum absolute atomic E-state index is 0.0358. The number of hydrogen-bond donors (Lipinski definition) is 1. The largest absolute Gasteiger partial charge is 0.376 e. The molecule has 0 saturated heterocycles. The third-order valence-electron chi connectivity index (χ3n) is 2.21. The fourth-order valence-corrected chi connectivity index (χ4v) is 3.92. The lowest BCUT2D eigenvalue weighted by Crippen LogP contribution is -2.28. The molecule has 0 aliphatic heterocycles. The second-order valence-corrected chi connectivity index (χ2v) is 6.44. The maximum atomic E-state index is 12.1. The molecule has 0 fully saturated rings. The minimum atomic E-state index is -3.71. The SMILES string of the molecule is C=CCOCCNS(=O)(=O)c1c(Cl)nc2sccn12. The molecule has 1 N–H and O–H groups in total. The fourth-order valence-electron chi connectivity index (χ4n) is 1.46. The maximum absolute atomic E-state index is 12.1. The molecule has 0 spiro atoms. The molecule has 0 unspecified atom stereocenters. The standard InChI is InChI=1S/C10H12ClN3O3S2/c1-2-5-17-6-3-12-19(15,16)9-8(11)13-10-14(9)4-7-18-10/h2,4,7,12H,1,3,5-6H2. The number of aromatic nitrogens is 2. The number of thiazole rings is 1. The van der Waals surface area contributed by atoms with E-state index in [-0.39, 0.29) is 23.3 Å². The zero-order valence-corrected chi connectivity index (χ0v) is 12.3. The van der Waals surface area contributed by atoms with Gasteiger partial charge in [0.25, 0.3) is 10.0 Å². The normalized spacial score (nSPS) is 12.1. The van der Waals surface area contributed by atoms with E-state index >= 15 is 0 Å². The van der Waals surface area contributed by atoms with Gasteiger partial charge in [0.05, 0.1) is 13.2 Å². The molecule has 2 aromatic rings. The van der Waals surface area contributed by atoms with Gasteiger partial charge in [-0.15, -0.1) is 17.9 Å². The molecule has 2 aromatic heterocycles. The van der Waals surface area contributed by atoms with Crippen molar-refractivity contribution in [1.29, 1.82) is 0 Å². The molecular weight excluding hydrogens is 310 g/mol. The van der Waals surface area contributed by atoms with Crippen LogP contribution in [-0.2, 0) is 14.8 Å². The molecule has 0 aliphatic rings. The monoisotopic (exact) mass is 321 g/mol. The summed E-state index contributed by atoms with van der Waals surface area (Å²) in [6.07, 6.45) is 3.21. The minimum Gasteiger partial charge on any atom is -0.376 e. The summed E-state index contributed by atoms with van der Waals surface area (Å²) in [4.78, 5) is 4.52. The molecule has 0 saturated carbocycles. The van der Waals surface area contributed by atoms with E-state index in [1.807, 2.05) is 0 Å². The molecular formula is C10H12ClN3O3S2. The number of ether oxygens (including phenoxy) is 1. The molecule has 0 aliphatic carbocycles. The van der Waals surface area contributed by atoms with Gasteiger partial charge in [0.15, 0.2) is 15.1 Å². The van der Waals surface area contributed by atoms with Crippen molar-refractivity contribution in [2.24, 2.45) is 0 Å². The van der Waals surface area contributed by atoms with E-state index < -0.39 is 10.0 Å². The van der Waals surface area contributed by atoms with Crippen molar-refractivity contribution >= 4 is 37.9 Å². The van der Waals surface area contributed by atoms with Gasteiger partial charge >= 0.3 is 0 Å². The zero-order valence-electron chi connectivity index (χ0n) is 9.87. The van der Waals surface area contributed by atoms with Crippen LogP contribution in [0.2, 0.25) is 5.15 Å². The molecule has 19 heavy (non-hydrogen) atoms. The number of nitrogens with one attached hydrogen (secondary N) is 1. The van der Waals surface area contributed by atoms with Gasteiger partial charge in [-0.25, -0.2) is 18.1 Å². The Labute approximate surface area is 119 Å². The Morgan fingerprint density at radius 1 is 1.63 bits per heavy atom. The van der Waals surface area contributed by atoms with E-state index in [1.54, 1.807) is 17.7 Å².